The van der Waals surface area contributed by atoms with Crippen LogP contribution in [0.3, 0.4) is 0 Å². The SMILES string of the molecule is N#Cc1ccccc1CNCC1CCCCC1CO. The minimum atomic E-state index is 0.307. The van der Waals surface area contributed by atoms with Crippen molar-refractivity contribution in [3.05, 3.63) is 35.4 Å². The highest BCUT2D eigenvalue weighted by Gasteiger charge is 2.23. The third-order valence-electron chi connectivity index (χ3n) is 4.16. The number of nitrogens with zero attached hydrogens (tertiary/aromatic N) is 1. The van der Waals surface area contributed by atoms with Crippen LogP contribution in [0.1, 0.15) is 36.8 Å². The van der Waals surface area contributed by atoms with Gasteiger partial charge in [-0.2, -0.15) is 5.26 Å². The number of rotatable bonds is 5. The molecule has 2 N–H and O–H groups in total. The van der Waals surface area contributed by atoms with Gasteiger partial charge in [0.05, 0.1) is 11.6 Å². The van der Waals surface area contributed by atoms with E-state index in [1.165, 1.54) is 19.3 Å². The van der Waals surface area contributed by atoms with Crippen LogP contribution in [0.4, 0.5) is 0 Å². The summed E-state index contributed by atoms with van der Waals surface area (Å²) in [6.07, 6.45) is 4.88. The van der Waals surface area contributed by atoms with Gasteiger partial charge in [-0.3, -0.25) is 0 Å². The lowest BCUT2D eigenvalue weighted by atomic mass is 9.79. The van der Waals surface area contributed by atoms with Crippen molar-refractivity contribution in [1.29, 1.82) is 5.26 Å². The molecule has 0 radical (unpaired) electrons. The number of hydrogen-bond acceptors (Lipinski definition) is 3. The maximum Gasteiger partial charge on any atom is 0.0995 e. The van der Waals surface area contributed by atoms with Crippen molar-refractivity contribution in [1.82, 2.24) is 5.32 Å². The Hall–Kier alpha value is -1.37. The molecule has 0 spiro atoms. The van der Waals surface area contributed by atoms with Gasteiger partial charge in [0.25, 0.3) is 0 Å². The predicted molar refractivity (Wildman–Crippen MR) is 75.4 cm³/mol. The molecule has 0 saturated heterocycles. The summed E-state index contributed by atoms with van der Waals surface area (Å²) >= 11 is 0. The summed E-state index contributed by atoms with van der Waals surface area (Å²) in [5.41, 5.74) is 1.80. The molecule has 1 saturated carbocycles. The molecule has 1 aliphatic rings. The smallest absolute Gasteiger partial charge is 0.0995 e. The monoisotopic (exact) mass is 258 g/mol. The van der Waals surface area contributed by atoms with Crippen LogP contribution in [0.25, 0.3) is 0 Å². The first kappa shape index (κ1) is 14.0. The fraction of sp³-hybridized carbons (Fsp3) is 0.562. The van der Waals surface area contributed by atoms with Crippen LogP contribution in [-0.2, 0) is 6.54 Å². The Morgan fingerprint density at radius 2 is 1.95 bits per heavy atom. The van der Waals surface area contributed by atoms with Crippen molar-refractivity contribution < 1.29 is 5.11 Å². The van der Waals surface area contributed by atoms with Crippen molar-refractivity contribution in [3.8, 4) is 6.07 Å². The second kappa shape index (κ2) is 7.28. The summed E-state index contributed by atoms with van der Waals surface area (Å²) in [5, 5.41) is 21.9. The average molecular weight is 258 g/mol. The van der Waals surface area contributed by atoms with E-state index in [2.05, 4.69) is 11.4 Å². The number of hydrogen-bond donors (Lipinski definition) is 2. The summed E-state index contributed by atoms with van der Waals surface area (Å²) in [4.78, 5) is 0. The molecule has 1 fully saturated rings. The van der Waals surface area contributed by atoms with Crippen LogP contribution in [0, 0.1) is 23.2 Å². The van der Waals surface area contributed by atoms with Gasteiger partial charge in [0.1, 0.15) is 0 Å². The lowest BCUT2D eigenvalue weighted by Gasteiger charge is -2.30. The molecule has 0 heterocycles. The summed E-state index contributed by atoms with van der Waals surface area (Å²) in [5.74, 6) is 1.03. The van der Waals surface area contributed by atoms with E-state index in [4.69, 9.17) is 5.26 Å². The van der Waals surface area contributed by atoms with E-state index in [1.54, 1.807) is 0 Å². The molecule has 0 aromatic heterocycles. The molecule has 1 aromatic rings. The normalized spacial score (nSPS) is 22.9. The number of aliphatic hydroxyl groups is 1. The third kappa shape index (κ3) is 3.79. The van der Waals surface area contributed by atoms with Gasteiger partial charge in [-0.15, -0.1) is 0 Å². The Kier molecular flexibility index (Phi) is 5.38. The third-order valence-corrected chi connectivity index (χ3v) is 4.16. The first-order valence-corrected chi connectivity index (χ1v) is 7.14. The first-order valence-electron chi connectivity index (χ1n) is 7.14. The van der Waals surface area contributed by atoms with Gasteiger partial charge >= 0.3 is 0 Å². The Labute approximate surface area is 115 Å². The zero-order valence-electron chi connectivity index (χ0n) is 11.3. The molecule has 1 aromatic carbocycles. The maximum atomic E-state index is 9.39. The van der Waals surface area contributed by atoms with Gasteiger partial charge in [-0.05, 0) is 42.9 Å². The molecule has 19 heavy (non-hydrogen) atoms. The van der Waals surface area contributed by atoms with Gasteiger partial charge in [-0.25, -0.2) is 0 Å². The Morgan fingerprint density at radius 3 is 2.68 bits per heavy atom. The van der Waals surface area contributed by atoms with Crippen molar-refractivity contribution in [2.24, 2.45) is 11.8 Å². The van der Waals surface area contributed by atoms with Crippen LogP contribution in [0.5, 0.6) is 0 Å². The molecule has 2 unspecified atom stereocenters. The van der Waals surface area contributed by atoms with E-state index in [0.29, 0.717) is 18.4 Å². The van der Waals surface area contributed by atoms with E-state index < -0.39 is 0 Å². The molecule has 102 valence electrons. The number of aliphatic hydroxyl groups excluding tert-OH is 1. The van der Waals surface area contributed by atoms with E-state index in [1.807, 2.05) is 24.3 Å². The van der Waals surface area contributed by atoms with Crippen LogP contribution < -0.4 is 5.32 Å². The highest BCUT2D eigenvalue weighted by molar-refractivity contribution is 5.37. The van der Waals surface area contributed by atoms with E-state index in [0.717, 1.165) is 30.6 Å². The van der Waals surface area contributed by atoms with Crippen molar-refractivity contribution in [2.45, 2.75) is 32.2 Å². The van der Waals surface area contributed by atoms with Gasteiger partial charge in [0, 0.05) is 13.2 Å². The molecule has 3 heteroatoms. The summed E-state index contributed by atoms with van der Waals surface area (Å²) in [6.45, 7) is 1.98. The largest absolute Gasteiger partial charge is 0.396 e. The molecule has 1 aliphatic carbocycles. The van der Waals surface area contributed by atoms with Crippen molar-refractivity contribution >= 4 is 0 Å². The first-order chi connectivity index (χ1) is 9.35. The van der Waals surface area contributed by atoms with Gasteiger partial charge in [-0.1, -0.05) is 31.0 Å². The Bertz CT molecular complexity index is 439. The quantitative estimate of drug-likeness (QED) is 0.853. The fourth-order valence-electron chi connectivity index (χ4n) is 2.97. The number of nitriles is 1. The van der Waals surface area contributed by atoms with Crippen LogP contribution in [0.2, 0.25) is 0 Å². The lowest BCUT2D eigenvalue weighted by molar-refractivity contribution is 0.133. The zero-order valence-corrected chi connectivity index (χ0v) is 11.3. The van der Waals surface area contributed by atoms with Crippen molar-refractivity contribution in [3.63, 3.8) is 0 Å². The highest BCUT2D eigenvalue weighted by Crippen LogP contribution is 2.29. The zero-order chi connectivity index (χ0) is 13.5. The second-order valence-electron chi connectivity index (χ2n) is 5.39. The van der Waals surface area contributed by atoms with E-state index in [-0.39, 0.29) is 0 Å². The molecule has 0 aliphatic heterocycles. The molecular formula is C16H22N2O. The van der Waals surface area contributed by atoms with Gasteiger partial charge in [0.2, 0.25) is 0 Å². The second-order valence-corrected chi connectivity index (χ2v) is 5.39. The summed E-state index contributed by atoms with van der Waals surface area (Å²) in [6, 6.07) is 9.94. The summed E-state index contributed by atoms with van der Waals surface area (Å²) < 4.78 is 0. The highest BCUT2D eigenvalue weighted by atomic mass is 16.3. The van der Waals surface area contributed by atoms with Crippen LogP contribution >= 0.6 is 0 Å². The molecule has 0 bridgehead atoms. The molecule has 0 amide bonds. The minimum absolute atomic E-state index is 0.307. The molecular weight excluding hydrogens is 236 g/mol. The van der Waals surface area contributed by atoms with Crippen LogP contribution in [-0.4, -0.2) is 18.3 Å². The standard InChI is InChI=1S/C16H22N2O/c17-9-13-5-1-2-6-14(13)10-18-11-15-7-3-4-8-16(15)12-19/h1-2,5-6,15-16,18-19H,3-4,7-8,10-12H2. The topological polar surface area (TPSA) is 56.0 Å². The average Bonchev–Trinajstić information content (AvgIpc) is 2.48. The Morgan fingerprint density at radius 1 is 1.21 bits per heavy atom. The van der Waals surface area contributed by atoms with Crippen molar-refractivity contribution in [2.75, 3.05) is 13.2 Å². The lowest BCUT2D eigenvalue weighted by Crippen LogP contribution is -2.32. The van der Waals surface area contributed by atoms with E-state index in [9.17, 15) is 5.11 Å². The molecule has 2 rings (SSSR count). The van der Waals surface area contributed by atoms with Gasteiger partial charge < -0.3 is 10.4 Å². The molecule has 2 atom stereocenters. The number of benzene rings is 1. The van der Waals surface area contributed by atoms with Gasteiger partial charge in [0.15, 0.2) is 0 Å². The maximum absolute atomic E-state index is 9.39. The Balaban J connectivity index is 1.84. The fourth-order valence-corrected chi connectivity index (χ4v) is 2.97. The van der Waals surface area contributed by atoms with E-state index >= 15 is 0 Å². The minimum Gasteiger partial charge on any atom is -0.396 e. The predicted octanol–water partition coefficient (Wildman–Crippen LogP) is 2.45. The van der Waals surface area contributed by atoms with Crippen LogP contribution in [0.15, 0.2) is 24.3 Å². The number of nitrogens with one attached hydrogen (secondary N) is 1. The summed E-state index contributed by atoms with van der Waals surface area (Å²) in [7, 11) is 0. The molecule has 3 nitrogen and oxygen atoms in total.